The lowest BCUT2D eigenvalue weighted by atomic mass is 9.95. The van der Waals surface area contributed by atoms with Crippen molar-refractivity contribution in [3.63, 3.8) is 0 Å². The van der Waals surface area contributed by atoms with Crippen LogP contribution in [-0.4, -0.2) is 0 Å². The highest BCUT2D eigenvalue weighted by molar-refractivity contribution is 6.12. The van der Waals surface area contributed by atoms with Crippen LogP contribution in [0.3, 0.4) is 0 Å². The van der Waals surface area contributed by atoms with Gasteiger partial charge in [0, 0.05) is 0 Å². The van der Waals surface area contributed by atoms with Crippen LogP contribution >= 0.6 is 0 Å². The number of hydrogen-bond donors (Lipinski definition) is 0. The highest BCUT2D eigenvalue weighted by atomic mass is 14.1. The lowest BCUT2D eigenvalue weighted by molar-refractivity contribution is 1.53. The third kappa shape index (κ3) is 1.62. The maximum atomic E-state index is 2.24. The Labute approximate surface area is 108 Å². The summed E-state index contributed by atoms with van der Waals surface area (Å²) in [6, 6.07) is 17.5. The molecule has 0 unspecified atom stereocenters. The molecule has 0 fully saturated rings. The van der Waals surface area contributed by atoms with Crippen LogP contribution in [0.2, 0.25) is 0 Å². The van der Waals surface area contributed by atoms with Gasteiger partial charge in [0.25, 0.3) is 0 Å². The quantitative estimate of drug-likeness (QED) is 0.497. The molecule has 3 aromatic rings. The van der Waals surface area contributed by atoms with E-state index in [-0.39, 0.29) is 0 Å². The molecule has 0 heteroatoms. The molecule has 0 aromatic heterocycles. The minimum Gasteiger partial charge on any atom is -0.0870 e. The summed E-state index contributed by atoms with van der Waals surface area (Å²) in [7, 11) is 0. The van der Waals surface area contributed by atoms with E-state index in [2.05, 4.69) is 74.5 Å². The Morgan fingerprint density at radius 3 is 2.50 bits per heavy atom. The molecule has 88 valence electrons. The van der Waals surface area contributed by atoms with Crippen molar-refractivity contribution in [3.8, 4) is 0 Å². The van der Waals surface area contributed by atoms with Gasteiger partial charge >= 0.3 is 0 Å². The van der Waals surface area contributed by atoms with E-state index >= 15 is 0 Å². The highest BCUT2D eigenvalue weighted by Gasteiger charge is 2.05. The average Bonchev–Trinajstić information content (AvgIpc) is 2.41. The first-order valence-corrected chi connectivity index (χ1v) is 6.35. The van der Waals surface area contributed by atoms with Crippen LogP contribution in [0.4, 0.5) is 0 Å². The Hall–Kier alpha value is -2.08. The summed E-state index contributed by atoms with van der Waals surface area (Å²) in [5, 5.41) is 5.36. The predicted molar refractivity (Wildman–Crippen MR) is 80.9 cm³/mol. The molecule has 0 N–H and O–H groups in total. The zero-order valence-corrected chi connectivity index (χ0v) is 10.8. The van der Waals surface area contributed by atoms with Crippen LogP contribution in [0.1, 0.15) is 18.1 Å². The molecule has 0 radical (unpaired) electrons. The second-order valence-corrected chi connectivity index (χ2v) is 4.68. The van der Waals surface area contributed by atoms with Gasteiger partial charge in [0.15, 0.2) is 0 Å². The molecule has 3 rings (SSSR count). The van der Waals surface area contributed by atoms with E-state index in [0.29, 0.717) is 0 Å². The predicted octanol–water partition coefficient (Wildman–Crippen LogP) is 5.33. The third-order valence-electron chi connectivity index (χ3n) is 3.50. The summed E-state index contributed by atoms with van der Waals surface area (Å²) in [6.45, 7) is 4.24. The molecule has 0 aliphatic rings. The molecule has 18 heavy (non-hydrogen) atoms. The lowest BCUT2D eigenvalue weighted by Crippen LogP contribution is -1.85. The van der Waals surface area contributed by atoms with Crippen molar-refractivity contribution in [2.45, 2.75) is 13.8 Å². The van der Waals surface area contributed by atoms with E-state index < -0.39 is 0 Å². The average molecular weight is 232 g/mol. The monoisotopic (exact) mass is 232 g/mol. The Kier molecular flexibility index (Phi) is 2.64. The van der Waals surface area contributed by atoms with Crippen LogP contribution in [-0.2, 0) is 0 Å². The van der Waals surface area contributed by atoms with Crippen molar-refractivity contribution < 1.29 is 0 Å². The largest absolute Gasteiger partial charge is 0.0870 e. The Morgan fingerprint density at radius 2 is 1.67 bits per heavy atom. The SMILES string of the molecule is C/C=C\c1ccc(C)c2ccc3ccccc3c12. The summed E-state index contributed by atoms with van der Waals surface area (Å²) in [5.74, 6) is 0. The van der Waals surface area contributed by atoms with Gasteiger partial charge in [0.2, 0.25) is 0 Å². The summed E-state index contributed by atoms with van der Waals surface area (Å²) in [4.78, 5) is 0. The van der Waals surface area contributed by atoms with Crippen molar-refractivity contribution in [3.05, 3.63) is 65.7 Å². The van der Waals surface area contributed by atoms with E-state index in [4.69, 9.17) is 0 Å². The fourth-order valence-corrected chi connectivity index (χ4v) is 2.62. The summed E-state index contributed by atoms with van der Waals surface area (Å²) in [5.41, 5.74) is 2.64. The van der Waals surface area contributed by atoms with Crippen molar-refractivity contribution >= 4 is 27.6 Å². The molecule has 3 aromatic carbocycles. The smallest absolute Gasteiger partial charge is 0.00303 e. The van der Waals surface area contributed by atoms with Crippen molar-refractivity contribution in [2.24, 2.45) is 0 Å². The van der Waals surface area contributed by atoms with Crippen LogP contribution in [0.25, 0.3) is 27.6 Å². The van der Waals surface area contributed by atoms with E-state index in [0.717, 1.165) is 0 Å². The first-order valence-electron chi connectivity index (χ1n) is 6.35. The fraction of sp³-hybridized carbons (Fsp3) is 0.111. The summed E-state index contributed by atoms with van der Waals surface area (Å²) >= 11 is 0. The number of aryl methyl sites for hydroxylation is 1. The zero-order chi connectivity index (χ0) is 12.5. The Bertz CT molecular complexity index is 748. The molecule has 0 heterocycles. The fourth-order valence-electron chi connectivity index (χ4n) is 2.62. The van der Waals surface area contributed by atoms with Gasteiger partial charge in [-0.05, 0) is 46.5 Å². The Morgan fingerprint density at radius 1 is 0.833 bits per heavy atom. The lowest BCUT2D eigenvalue weighted by Gasteiger charge is -2.09. The standard InChI is InChI=1S/C18H16/c1-3-6-15-10-9-13(2)16-12-11-14-7-4-5-8-17(14)18(15)16/h3-12H,1-2H3/b6-3-. The second kappa shape index (κ2) is 4.30. The summed E-state index contributed by atoms with van der Waals surface area (Å²) in [6.07, 6.45) is 4.29. The van der Waals surface area contributed by atoms with Gasteiger partial charge in [-0.3, -0.25) is 0 Å². The molecule has 0 spiro atoms. The zero-order valence-electron chi connectivity index (χ0n) is 10.8. The van der Waals surface area contributed by atoms with Gasteiger partial charge in [-0.2, -0.15) is 0 Å². The van der Waals surface area contributed by atoms with E-state index in [9.17, 15) is 0 Å². The maximum absolute atomic E-state index is 2.24. The van der Waals surface area contributed by atoms with Crippen molar-refractivity contribution in [1.29, 1.82) is 0 Å². The molecule has 0 atom stereocenters. The first-order chi connectivity index (χ1) is 8.81. The molecule has 0 amide bonds. The molecular weight excluding hydrogens is 216 g/mol. The molecule has 0 bridgehead atoms. The molecule has 0 aliphatic heterocycles. The molecule has 0 nitrogen and oxygen atoms in total. The van der Waals surface area contributed by atoms with Crippen LogP contribution in [0.15, 0.2) is 54.6 Å². The first kappa shape index (κ1) is 11.0. The number of benzene rings is 3. The number of rotatable bonds is 1. The second-order valence-electron chi connectivity index (χ2n) is 4.68. The van der Waals surface area contributed by atoms with E-state index in [1.807, 2.05) is 0 Å². The molecule has 0 saturated carbocycles. The molecular formula is C18H16. The summed E-state index contributed by atoms with van der Waals surface area (Å²) < 4.78 is 0. The molecule has 0 saturated heterocycles. The van der Waals surface area contributed by atoms with Gasteiger partial charge in [0.1, 0.15) is 0 Å². The number of hydrogen-bond acceptors (Lipinski definition) is 0. The van der Waals surface area contributed by atoms with Gasteiger partial charge in [0.05, 0.1) is 0 Å². The molecule has 0 aliphatic carbocycles. The highest BCUT2D eigenvalue weighted by Crippen LogP contribution is 2.31. The van der Waals surface area contributed by atoms with Gasteiger partial charge < -0.3 is 0 Å². The number of fused-ring (bicyclic) bond motifs is 3. The third-order valence-corrected chi connectivity index (χ3v) is 3.50. The van der Waals surface area contributed by atoms with Gasteiger partial charge in [-0.15, -0.1) is 0 Å². The topological polar surface area (TPSA) is 0 Å². The van der Waals surface area contributed by atoms with Crippen LogP contribution in [0.5, 0.6) is 0 Å². The van der Waals surface area contributed by atoms with Crippen LogP contribution in [0, 0.1) is 6.92 Å². The normalized spacial score (nSPS) is 11.7. The van der Waals surface area contributed by atoms with Crippen molar-refractivity contribution in [2.75, 3.05) is 0 Å². The van der Waals surface area contributed by atoms with E-state index in [1.54, 1.807) is 0 Å². The van der Waals surface area contributed by atoms with Gasteiger partial charge in [-0.25, -0.2) is 0 Å². The maximum Gasteiger partial charge on any atom is -0.00303 e. The van der Waals surface area contributed by atoms with E-state index in [1.165, 1.54) is 32.7 Å². The van der Waals surface area contributed by atoms with Crippen LogP contribution < -0.4 is 0 Å². The number of allylic oxidation sites excluding steroid dienone is 1. The Balaban J connectivity index is 2.57. The minimum atomic E-state index is 1.30. The van der Waals surface area contributed by atoms with Gasteiger partial charge in [-0.1, -0.05) is 60.7 Å². The van der Waals surface area contributed by atoms with Crippen molar-refractivity contribution in [1.82, 2.24) is 0 Å². The minimum absolute atomic E-state index is 1.30.